The number of hydrogen-bond donors (Lipinski definition) is 2. The second-order valence-corrected chi connectivity index (χ2v) is 6.08. The lowest BCUT2D eigenvalue weighted by Crippen LogP contribution is -2.45. The Bertz CT molecular complexity index is 291. The molecular formula is C12H21NO3S. The third-order valence-corrected chi connectivity index (χ3v) is 4.04. The molecule has 0 aromatic rings. The Kier molecular flexibility index (Phi) is 5.31. The predicted octanol–water partition coefficient (Wildman–Crippen LogP) is 1.89. The molecule has 1 aliphatic carbocycles. The topological polar surface area (TPSA) is 66.4 Å². The van der Waals surface area contributed by atoms with Gasteiger partial charge in [-0.2, -0.15) is 11.8 Å². The zero-order valence-corrected chi connectivity index (χ0v) is 11.3. The van der Waals surface area contributed by atoms with Crippen molar-refractivity contribution in [2.45, 2.75) is 45.6 Å². The summed E-state index contributed by atoms with van der Waals surface area (Å²) in [5, 5.41) is 12.0. The molecule has 1 fully saturated rings. The zero-order valence-electron chi connectivity index (χ0n) is 10.5. The lowest BCUT2D eigenvalue weighted by molar-refractivity contribution is -0.155. The van der Waals surface area contributed by atoms with Crippen LogP contribution in [0.3, 0.4) is 0 Å². The first-order chi connectivity index (χ1) is 8.00. The number of aliphatic carboxylic acids is 1. The molecule has 1 saturated carbocycles. The number of rotatable bonds is 8. The minimum absolute atomic E-state index is 0.214. The molecule has 0 heterocycles. The molecular weight excluding hydrogens is 238 g/mol. The largest absolute Gasteiger partial charge is 0.480 e. The Morgan fingerprint density at radius 1 is 1.47 bits per heavy atom. The van der Waals surface area contributed by atoms with E-state index in [1.165, 1.54) is 6.92 Å². The summed E-state index contributed by atoms with van der Waals surface area (Å²) >= 11 is 1.77. The molecule has 0 aliphatic heterocycles. The molecule has 5 heteroatoms. The summed E-state index contributed by atoms with van der Waals surface area (Å²) < 4.78 is 0. The van der Waals surface area contributed by atoms with Crippen LogP contribution in [0.2, 0.25) is 0 Å². The molecule has 1 rings (SSSR count). The monoisotopic (exact) mass is 259 g/mol. The van der Waals surface area contributed by atoms with Crippen molar-refractivity contribution in [3.63, 3.8) is 0 Å². The number of amides is 1. The third-order valence-electron chi connectivity index (χ3n) is 3.06. The quantitative estimate of drug-likeness (QED) is 0.516. The SMILES string of the molecule is CCSCCCC(C)(C(=O)O)C(=O)NC1CC1. The van der Waals surface area contributed by atoms with Gasteiger partial charge >= 0.3 is 5.97 Å². The minimum atomic E-state index is -1.27. The van der Waals surface area contributed by atoms with Crippen LogP contribution in [0.15, 0.2) is 0 Å². The Morgan fingerprint density at radius 3 is 2.59 bits per heavy atom. The number of nitrogens with one attached hydrogen (secondary N) is 1. The molecule has 1 unspecified atom stereocenters. The molecule has 0 aromatic carbocycles. The number of carboxylic acid groups (broad SMARTS) is 1. The molecule has 0 radical (unpaired) electrons. The van der Waals surface area contributed by atoms with Gasteiger partial charge in [-0.1, -0.05) is 6.92 Å². The second-order valence-electron chi connectivity index (χ2n) is 4.69. The molecule has 0 bridgehead atoms. The summed E-state index contributed by atoms with van der Waals surface area (Å²) in [5.41, 5.74) is -1.27. The maximum absolute atomic E-state index is 11.9. The van der Waals surface area contributed by atoms with Gasteiger partial charge in [0.15, 0.2) is 0 Å². The van der Waals surface area contributed by atoms with Crippen LogP contribution in [-0.4, -0.2) is 34.5 Å². The van der Waals surface area contributed by atoms with Crippen molar-refractivity contribution in [1.29, 1.82) is 0 Å². The van der Waals surface area contributed by atoms with Crippen LogP contribution in [0.1, 0.15) is 39.5 Å². The van der Waals surface area contributed by atoms with E-state index < -0.39 is 11.4 Å². The highest BCUT2D eigenvalue weighted by molar-refractivity contribution is 7.99. The van der Waals surface area contributed by atoms with E-state index in [0.29, 0.717) is 6.42 Å². The Morgan fingerprint density at radius 2 is 2.12 bits per heavy atom. The number of carbonyl (C=O) groups is 2. The van der Waals surface area contributed by atoms with E-state index in [1.807, 2.05) is 0 Å². The van der Waals surface area contributed by atoms with Gasteiger partial charge in [0.25, 0.3) is 0 Å². The van der Waals surface area contributed by atoms with Gasteiger partial charge in [0, 0.05) is 6.04 Å². The van der Waals surface area contributed by atoms with Crippen LogP contribution >= 0.6 is 11.8 Å². The van der Waals surface area contributed by atoms with Gasteiger partial charge in [0.05, 0.1) is 0 Å². The van der Waals surface area contributed by atoms with E-state index in [0.717, 1.165) is 30.8 Å². The summed E-state index contributed by atoms with van der Waals surface area (Å²) in [4.78, 5) is 23.2. The molecule has 17 heavy (non-hydrogen) atoms. The number of hydrogen-bond acceptors (Lipinski definition) is 3. The van der Waals surface area contributed by atoms with E-state index in [4.69, 9.17) is 0 Å². The summed E-state index contributed by atoms with van der Waals surface area (Å²) in [5.74, 6) is 0.597. The van der Waals surface area contributed by atoms with E-state index in [1.54, 1.807) is 11.8 Å². The molecule has 98 valence electrons. The van der Waals surface area contributed by atoms with Gasteiger partial charge in [-0.25, -0.2) is 0 Å². The van der Waals surface area contributed by atoms with Crippen molar-refractivity contribution in [2.75, 3.05) is 11.5 Å². The molecule has 4 nitrogen and oxygen atoms in total. The molecule has 1 atom stereocenters. The molecule has 1 amide bonds. The van der Waals surface area contributed by atoms with Crippen LogP contribution in [0.25, 0.3) is 0 Å². The van der Waals surface area contributed by atoms with Crippen LogP contribution in [0, 0.1) is 5.41 Å². The van der Waals surface area contributed by atoms with Gasteiger partial charge in [0.2, 0.25) is 5.91 Å². The Labute approximate surface area is 107 Å². The van der Waals surface area contributed by atoms with Crippen molar-refractivity contribution < 1.29 is 14.7 Å². The zero-order chi connectivity index (χ0) is 12.9. The van der Waals surface area contributed by atoms with Crippen LogP contribution < -0.4 is 5.32 Å². The summed E-state index contributed by atoms with van der Waals surface area (Å²) in [7, 11) is 0. The normalized spacial score (nSPS) is 18.5. The average Bonchev–Trinajstić information content (AvgIpc) is 3.07. The fourth-order valence-corrected chi connectivity index (χ4v) is 2.20. The maximum atomic E-state index is 11.9. The predicted molar refractivity (Wildman–Crippen MR) is 69.1 cm³/mol. The molecule has 0 aromatic heterocycles. The van der Waals surface area contributed by atoms with E-state index in [-0.39, 0.29) is 11.9 Å². The van der Waals surface area contributed by atoms with Gasteiger partial charge in [-0.05, 0) is 44.1 Å². The summed E-state index contributed by atoms with van der Waals surface area (Å²) in [6.45, 7) is 3.60. The summed E-state index contributed by atoms with van der Waals surface area (Å²) in [6, 6.07) is 0.214. The Balaban J connectivity index is 2.47. The van der Waals surface area contributed by atoms with Gasteiger partial charge in [-0.15, -0.1) is 0 Å². The van der Waals surface area contributed by atoms with Crippen molar-refractivity contribution in [1.82, 2.24) is 5.32 Å². The molecule has 2 N–H and O–H groups in total. The first kappa shape index (κ1) is 14.4. The first-order valence-electron chi connectivity index (χ1n) is 6.13. The standard InChI is InChI=1S/C12H21NO3S/c1-3-17-8-4-7-12(2,11(15)16)10(14)13-9-5-6-9/h9H,3-8H2,1-2H3,(H,13,14)(H,15,16). The Hall–Kier alpha value is -0.710. The lowest BCUT2D eigenvalue weighted by Gasteiger charge is -2.23. The fourth-order valence-electron chi connectivity index (χ4n) is 1.56. The van der Waals surface area contributed by atoms with Gasteiger partial charge in [0.1, 0.15) is 5.41 Å². The molecule has 0 spiro atoms. The van der Waals surface area contributed by atoms with Crippen molar-refractivity contribution >= 4 is 23.6 Å². The first-order valence-corrected chi connectivity index (χ1v) is 7.28. The average molecular weight is 259 g/mol. The smallest absolute Gasteiger partial charge is 0.318 e. The minimum Gasteiger partial charge on any atom is -0.480 e. The maximum Gasteiger partial charge on any atom is 0.318 e. The van der Waals surface area contributed by atoms with Crippen molar-refractivity contribution in [3.05, 3.63) is 0 Å². The van der Waals surface area contributed by atoms with E-state index in [9.17, 15) is 14.7 Å². The third kappa shape index (κ3) is 4.22. The highest BCUT2D eigenvalue weighted by atomic mass is 32.2. The molecule has 0 saturated heterocycles. The summed E-state index contributed by atoms with van der Waals surface area (Å²) in [6.07, 6.45) is 3.13. The van der Waals surface area contributed by atoms with E-state index in [2.05, 4.69) is 12.2 Å². The molecule has 1 aliphatic rings. The van der Waals surface area contributed by atoms with Crippen molar-refractivity contribution in [2.24, 2.45) is 5.41 Å². The van der Waals surface area contributed by atoms with Crippen LogP contribution in [0.5, 0.6) is 0 Å². The van der Waals surface area contributed by atoms with Gasteiger partial charge < -0.3 is 10.4 Å². The van der Waals surface area contributed by atoms with Crippen LogP contribution in [-0.2, 0) is 9.59 Å². The highest BCUT2D eigenvalue weighted by Gasteiger charge is 2.42. The van der Waals surface area contributed by atoms with Crippen molar-refractivity contribution in [3.8, 4) is 0 Å². The number of thioether (sulfide) groups is 1. The van der Waals surface area contributed by atoms with Crippen LogP contribution in [0.4, 0.5) is 0 Å². The fraction of sp³-hybridized carbons (Fsp3) is 0.833. The highest BCUT2D eigenvalue weighted by Crippen LogP contribution is 2.28. The second kappa shape index (κ2) is 6.28. The van der Waals surface area contributed by atoms with Gasteiger partial charge in [-0.3, -0.25) is 9.59 Å². The number of carboxylic acids is 1. The number of carbonyl (C=O) groups excluding carboxylic acids is 1. The van der Waals surface area contributed by atoms with E-state index >= 15 is 0 Å². The lowest BCUT2D eigenvalue weighted by atomic mass is 9.84.